The Bertz CT molecular complexity index is 807. The number of hydrogen-bond acceptors (Lipinski definition) is 5. The van der Waals surface area contributed by atoms with Crippen LogP contribution < -0.4 is 5.32 Å². The minimum Gasteiger partial charge on any atom is -0.449 e. The molecule has 0 fully saturated rings. The minimum atomic E-state index is -0.520. The average molecular weight is 330 g/mol. The van der Waals surface area contributed by atoms with Crippen molar-refractivity contribution < 1.29 is 9.53 Å². The van der Waals surface area contributed by atoms with Gasteiger partial charge in [-0.15, -0.1) is 16.4 Å². The van der Waals surface area contributed by atoms with Gasteiger partial charge in [-0.05, 0) is 13.3 Å². The molecule has 0 aliphatic carbocycles. The van der Waals surface area contributed by atoms with E-state index >= 15 is 0 Å². The first kappa shape index (κ1) is 15.5. The number of carbonyl (C=O) groups is 1. The molecule has 1 aromatic carbocycles. The summed E-state index contributed by atoms with van der Waals surface area (Å²) in [5, 5.41) is 8.91. The summed E-state index contributed by atoms with van der Waals surface area (Å²) in [5.41, 5.74) is 3.21. The molecule has 0 atom stereocenters. The van der Waals surface area contributed by atoms with Gasteiger partial charge in [-0.2, -0.15) is 4.98 Å². The van der Waals surface area contributed by atoms with Gasteiger partial charge >= 0.3 is 6.09 Å². The van der Waals surface area contributed by atoms with Gasteiger partial charge in [0.2, 0.25) is 4.96 Å². The van der Waals surface area contributed by atoms with Crippen LogP contribution in [0.3, 0.4) is 0 Å². The van der Waals surface area contributed by atoms with Crippen LogP contribution in [0.25, 0.3) is 16.2 Å². The molecule has 7 heteroatoms. The maximum Gasteiger partial charge on any atom is 0.414 e. The third-order valence-electron chi connectivity index (χ3n) is 3.37. The first-order chi connectivity index (χ1) is 11.2. The molecule has 0 spiro atoms. The predicted molar refractivity (Wildman–Crippen MR) is 90.9 cm³/mol. The van der Waals surface area contributed by atoms with Crippen molar-refractivity contribution in [2.45, 2.75) is 26.7 Å². The van der Waals surface area contributed by atoms with Crippen LogP contribution in [0.1, 0.15) is 25.3 Å². The molecule has 0 saturated heterocycles. The zero-order chi connectivity index (χ0) is 16.2. The van der Waals surface area contributed by atoms with E-state index in [2.05, 4.69) is 34.5 Å². The van der Waals surface area contributed by atoms with Crippen molar-refractivity contribution in [3.8, 4) is 11.3 Å². The summed E-state index contributed by atoms with van der Waals surface area (Å²) in [7, 11) is 0. The molecule has 3 aromatic rings. The molecule has 0 aliphatic heterocycles. The van der Waals surface area contributed by atoms with Crippen LogP contribution in [0.4, 0.5) is 10.7 Å². The molecule has 120 valence electrons. The molecule has 0 unspecified atom stereocenters. The number of rotatable bonds is 5. The molecule has 3 rings (SSSR count). The third kappa shape index (κ3) is 3.50. The number of ether oxygens (including phenoxy) is 1. The lowest BCUT2D eigenvalue weighted by atomic mass is 10.1. The Labute approximate surface area is 138 Å². The van der Waals surface area contributed by atoms with Crippen LogP contribution in [-0.2, 0) is 4.74 Å². The second-order valence-corrected chi connectivity index (χ2v) is 6.07. The van der Waals surface area contributed by atoms with Gasteiger partial charge in [0.15, 0.2) is 0 Å². The highest BCUT2D eigenvalue weighted by molar-refractivity contribution is 7.15. The van der Waals surface area contributed by atoms with Crippen LogP contribution in [0.15, 0.2) is 29.6 Å². The number of amides is 1. The van der Waals surface area contributed by atoms with Crippen LogP contribution in [-0.4, -0.2) is 27.3 Å². The van der Waals surface area contributed by atoms with Gasteiger partial charge in [0.05, 0.1) is 12.3 Å². The second kappa shape index (κ2) is 6.78. The normalized spacial score (nSPS) is 10.9. The first-order valence-corrected chi connectivity index (χ1v) is 8.40. The summed E-state index contributed by atoms with van der Waals surface area (Å²) in [4.78, 5) is 16.7. The zero-order valence-corrected chi connectivity index (χ0v) is 13.9. The topological polar surface area (TPSA) is 68.5 Å². The van der Waals surface area contributed by atoms with Crippen molar-refractivity contribution in [2.24, 2.45) is 0 Å². The molecule has 23 heavy (non-hydrogen) atoms. The molecular formula is C16H18N4O2S. The molecule has 0 aliphatic rings. The van der Waals surface area contributed by atoms with E-state index in [9.17, 15) is 4.79 Å². The van der Waals surface area contributed by atoms with Crippen LogP contribution in [0.5, 0.6) is 0 Å². The number of fused-ring (bicyclic) bond motifs is 1. The molecule has 0 saturated carbocycles. The molecule has 1 amide bonds. The number of hydrogen-bond donors (Lipinski definition) is 1. The van der Waals surface area contributed by atoms with Crippen molar-refractivity contribution in [2.75, 3.05) is 11.9 Å². The monoisotopic (exact) mass is 330 g/mol. The Morgan fingerprint density at radius 1 is 1.35 bits per heavy atom. The summed E-state index contributed by atoms with van der Waals surface area (Å²) in [6, 6.07) is 8.20. The maximum atomic E-state index is 11.7. The van der Waals surface area contributed by atoms with Crippen LogP contribution in [0.2, 0.25) is 0 Å². The summed E-state index contributed by atoms with van der Waals surface area (Å²) in [6.07, 6.45) is 1.30. The first-order valence-electron chi connectivity index (χ1n) is 7.52. The van der Waals surface area contributed by atoms with Crippen LogP contribution in [0, 0.1) is 6.92 Å². The summed E-state index contributed by atoms with van der Waals surface area (Å²) in [5.74, 6) is 0.256. The van der Waals surface area contributed by atoms with E-state index in [0.717, 1.165) is 29.1 Å². The Morgan fingerprint density at radius 3 is 2.87 bits per heavy atom. The lowest BCUT2D eigenvalue weighted by Gasteiger charge is -2.02. The molecule has 0 bridgehead atoms. The van der Waals surface area contributed by atoms with E-state index in [1.165, 1.54) is 16.9 Å². The van der Waals surface area contributed by atoms with Gasteiger partial charge in [0, 0.05) is 10.9 Å². The highest BCUT2D eigenvalue weighted by Crippen LogP contribution is 2.26. The minimum absolute atomic E-state index is 0.256. The molecule has 1 N–H and O–H groups in total. The Balaban J connectivity index is 1.78. The lowest BCUT2D eigenvalue weighted by Crippen LogP contribution is -2.15. The lowest BCUT2D eigenvalue weighted by molar-refractivity contribution is 0.159. The second-order valence-electron chi connectivity index (χ2n) is 5.23. The van der Waals surface area contributed by atoms with Crippen molar-refractivity contribution in [1.82, 2.24) is 14.6 Å². The van der Waals surface area contributed by atoms with Gasteiger partial charge in [-0.25, -0.2) is 9.31 Å². The smallest absolute Gasteiger partial charge is 0.414 e. The number of carbonyl (C=O) groups excluding carboxylic acids is 1. The fraction of sp³-hybridized carbons (Fsp3) is 0.312. The zero-order valence-electron chi connectivity index (χ0n) is 13.1. The predicted octanol–water partition coefficient (Wildman–Crippen LogP) is 4.11. The van der Waals surface area contributed by atoms with Gasteiger partial charge < -0.3 is 4.74 Å². The molecule has 6 nitrogen and oxygen atoms in total. The Morgan fingerprint density at radius 2 is 2.13 bits per heavy atom. The number of aryl methyl sites for hydroxylation is 1. The Kier molecular flexibility index (Phi) is 4.57. The highest BCUT2D eigenvalue weighted by Gasteiger charge is 2.13. The number of nitrogens with one attached hydrogen (secondary N) is 1. The van der Waals surface area contributed by atoms with Gasteiger partial charge in [-0.1, -0.05) is 43.2 Å². The van der Waals surface area contributed by atoms with E-state index in [1.54, 1.807) is 4.52 Å². The summed E-state index contributed by atoms with van der Waals surface area (Å²) in [6.45, 7) is 4.49. The summed E-state index contributed by atoms with van der Waals surface area (Å²) >= 11 is 1.48. The fourth-order valence-corrected chi connectivity index (χ4v) is 2.92. The quantitative estimate of drug-likeness (QED) is 0.715. The largest absolute Gasteiger partial charge is 0.449 e. The van der Waals surface area contributed by atoms with Crippen LogP contribution >= 0.6 is 11.3 Å². The van der Waals surface area contributed by atoms with Crippen molar-refractivity contribution >= 4 is 28.3 Å². The van der Waals surface area contributed by atoms with E-state index in [-0.39, 0.29) is 5.95 Å². The van der Waals surface area contributed by atoms with E-state index in [0.29, 0.717) is 6.61 Å². The van der Waals surface area contributed by atoms with Crippen molar-refractivity contribution in [3.63, 3.8) is 0 Å². The number of anilines is 1. The van der Waals surface area contributed by atoms with E-state index in [4.69, 9.17) is 4.74 Å². The number of benzene rings is 1. The molecular weight excluding hydrogens is 312 g/mol. The number of unbranched alkanes of at least 4 members (excludes halogenated alkanes) is 1. The number of thiazole rings is 1. The van der Waals surface area contributed by atoms with Gasteiger partial charge in [0.1, 0.15) is 0 Å². The van der Waals surface area contributed by atoms with Gasteiger partial charge in [0.25, 0.3) is 5.95 Å². The Hall–Kier alpha value is -2.41. The third-order valence-corrected chi connectivity index (χ3v) is 4.19. The number of nitrogens with zero attached hydrogens (tertiary/aromatic N) is 3. The van der Waals surface area contributed by atoms with Gasteiger partial charge in [-0.3, -0.25) is 5.32 Å². The average Bonchev–Trinajstić information content (AvgIpc) is 3.08. The SMILES string of the molecule is CCCCOC(=O)Nc1nc2scc(-c3ccc(C)cc3)n2n1. The standard InChI is InChI=1S/C16H18N4O2S/c1-3-4-9-22-16(21)18-14-17-15-20(19-14)13(10-23-15)12-7-5-11(2)6-8-12/h5-8,10H,3-4,9H2,1-2H3,(H,18,19,21). The summed E-state index contributed by atoms with van der Waals surface area (Å²) < 4.78 is 6.78. The molecule has 2 aromatic heterocycles. The van der Waals surface area contributed by atoms with Crippen molar-refractivity contribution in [1.29, 1.82) is 0 Å². The van der Waals surface area contributed by atoms with E-state index in [1.807, 2.05) is 24.4 Å². The molecule has 0 radical (unpaired) electrons. The highest BCUT2D eigenvalue weighted by atomic mass is 32.1. The molecule has 2 heterocycles. The number of aromatic nitrogens is 3. The van der Waals surface area contributed by atoms with E-state index < -0.39 is 6.09 Å². The maximum absolute atomic E-state index is 11.7. The fourth-order valence-electron chi connectivity index (χ4n) is 2.09. The van der Waals surface area contributed by atoms with Crippen molar-refractivity contribution in [3.05, 3.63) is 35.2 Å².